The lowest BCUT2D eigenvalue weighted by atomic mass is 9.79. The van der Waals surface area contributed by atoms with Gasteiger partial charge in [-0.15, -0.1) is 0 Å². The van der Waals surface area contributed by atoms with Crippen LogP contribution in [0.1, 0.15) is 11.1 Å². The Morgan fingerprint density at radius 2 is 1.88 bits per heavy atom. The molecule has 9 heteroatoms. The molecule has 2 aromatic carbocycles. The predicted octanol–water partition coefficient (Wildman–Crippen LogP) is 3.33. The second kappa shape index (κ2) is 7.86. The molecule has 3 heterocycles. The lowest BCUT2D eigenvalue weighted by Gasteiger charge is -2.46. The molecule has 3 N–H and O–H groups in total. The quantitative estimate of drug-likeness (QED) is 0.593. The molecule has 170 valence electrons. The van der Waals surface area contributed by atoms with Gasteiger partial charge in [0.1, 0.15) is 23.6 Å². The molecule has 2 aliphatic rings. The van der Waals surface area contributed by atoms with Gasteiger partial charge in [-0.3, -0.25) is 10.3 Å². The van der Waals surface area contributed by atoms with Crippen molar-refractivity contribution in [2.24, 2.45) is 10.7 Å². The average Bonchev–Trinajstić information content (AvgIpc) is 3.18. The monoisotopic (exact) mass is 453 g/mol. The van der Waals surface area contributed by atoms with Gasteiger partial charge in [-0.1, -0.05) is 30.3 Å². The van der Waals surface area contributed by atoms with Crippen molar-refractivity contribution in [3.05, 3.63) is 83.9 Å². The first-order chi connectivity index (χ1) is 15.8. The van der Waals surface area contributed by atoms with Gasteiger partial charge in [-0.05, 0) is 47.0 Å². The van der Waals surface area contributed by atoms with Crippen molar-refractivity contribution in [1.82, 2.24) is 15.2 Å². The van der Waals surface area contributed by atoms with E-state index in [4.69, 9.17) is 15.5 Å². The Labute approximate surface area is 188 Å². The Hall–Kier alpha value is -3.43. The van der Waals surface area contributed by atoms with Crippen LogP contribution in [0.15, 0.2) is 71.9 Å². The third-order valence-electron chi connectivity index (χ3n) is 6.23. The van der Waals surface area contributed by atoms with Crippen LogP contribution < -0.4 is 15.8 Å². The Morgan fingerprint density at radius 3 is 2.61 bits per heavy atom. The molecule has 3 aromatic rings. The maximum absolute atomic E-state index is 14.4. The first-order valence-electron chi connectivity index (χ1n) is 10.4. The molecule has 0 saturated carbocycles. The van der Waals surface area contributed by atoms with E-state index in [1.54, 1.807) is 43.5 Å². The van der Waals surface area contributed by atoms with E-state index in [2.05, 4.69) is 10.3 Å². The number of aromatic nitrogens is 1. The molecule has 0 amide bonds. The number of ether oxygens (including phenoxy) is 1. The second-order valence-electron chi connectivity index (χ2n) is 8.14. The molecule has 0 aliphatic carbocycles. The van der Waals surface area contributed by atoms with E-state index in [0.29, 0.717) is 22.4 Å². The molecular weight excluding hydrogens is 431 g/mol. The fraction of sp³-hybridized carbons (Fsp3) is 0.250. The smallest absolute Gasteiger partial charge is 0.292 e. The Bertz CT molecular complexity index is 1200. The van der Waals surface area contributed by atoms with Crippen molar-refractivity contribution >= 4 is 6.34 Å². The molecule has 3 atom stereocenters. The van der Waals surface area contributed by atoms with Crippen molar-refractivity contribution in [3.63, 3.8) is 0 Å². The van der Waals surface area contributed by atoms with Gasteiger partial charge >= 0.3 is 0 Å². The summed E-state index contributed by atoms with van der Waals surface area (Å²) in [6.45, 7) is -0.565. The highest BCUT2D eigenvalue weighted by molar-refractivity contribution is 5.68. The fourth-order valence-corrected chi connectivity index (χ4v) is 4.53. The highest BCUT2D eigenvalue weighted by Gasteiger charge is 2.56. The number of hydrogen-bond donors (Lipinski definition) is 2. The van der Waals surface area contributed by atoms with Crippen LogP contribution in [0.5, 0.6) is 5.75 Å². The topological polar surface area (TPSA) is 75.8 Å². The number of nitrogens with two attached hydrogens (primary N) is 1. The highest BCUT2D eigenvalue weighted by atomic mass is 19.3. The minimum atomic E-state index is -3.13. The largest absolute Gasteiger partial charge is 0.497 e. The van der Waals surface area contributed by atoms with Crippen molar-refractivity contribution in [2.45, 2.75) is 23.8 Å². The molecule has 0 spiro atoms. The van der Waals surface area contributed by atoms with E-state index in [1.807, 2.05) is 24.3 Å². The number of hydrogen-bond acceptors (Lipinski definition) is 6. The summed E-state index contributed by atoms with van der Waals surface area (Å²) in [6, 6.07) is 17.8. The van der Waals surface area contributed by atoms with Gasteiger partial charge in [0.25, 0.3) is 5.92 Å². The van der Waals surface area contributed by atoms with Gasteiger partial charge in [0.15, 0.2) is 0 Å². The van der Waals surface area contributed by atoms with Crippen LogP contribution in [0.3, 0.4) is 0 Å². The van der Waals surface area contributed by atoms with Crippen LogP contribution in [-0.4, -0.2) is 48.1 Å². The first-order valence-corrected chi connectivity index (χ1v) is 10.4. The highest BCUT2D eigenvalue weighted by Crippen LogP contribution is 2.45. The van der Waals surface area contributed by atoms with Crippen LogP contribution in [0.4, 0.5) is 13.2 Å². The molecule has 0 radical (unpaired) electrons. The molecule has 1 aromatic heterocycles. The molecule has 2 aliphatic heterocycles. The SMILES string of the molecule is COc1ccc(C2(c3cccc(-c4cccnc4F)c3)N=CN3CC(F)(F)C(N)NC32)cc1. The average molecular weight is 453 g/mol. The van der Waals surface area contributed by atoms with Gasteiger partial charge in [0.2, 0.25) is 5.95 Å². The number of halogens is 3. The van der Waals surface area contributed by atoms with Crippen LogP contribution in [0.2, 0.25) is 0 Å². The van der Waals surface area contributed by atoms with E-state index in [1.165, 1.54) is 17.4 Å². The third-order valence-corrected chi connectivity index (χ3v) is 6.23. The minimum absolute atomic E-state index is 0.336. The van der Waals surface area contributed by atoms with Gasteiger partial charge in [0.05, 0.1) is 20.0 Å². The van der Waals surface area contributed by atoms with E-state index in [-0.39, 0.29) is 0 Å². The summed E-state index contributed by atoms with van der Waals surface area (Å²) in [4.78, 5) is 9.97. The van der Waals surface area contributed by atoms with Crippen molar-refractivity contribution in [2.75, 3.05) is 13.7 Å². The summed E-state index contributed by atoms with van der Waals surface area (Å²) in [6.07, 6.45) is 0.597. The number of rotatable bonds is 4. The van der Waals surface area contributed by atoms with Gasteiger partial charge < -0.3 is 15.4 Å². The number of nitrogens with zero attached hydrogens (tertiary/aromatic N) is 3. The van der Waals surface area contributed by atoms with Crippen LogP contribution in [-0.2, 0) is 5.54 Å². The number of fused-ring (bicyclic) bond motifs is 1. The summed E-state index contributed by atoms with van der Waals surface area (Å²) in [5, 5.41) is 2.87. The number of alkyl halides is 2. The molecular formula is C24H22F3N5O. The van der Waals surface area contributed by atoms with Gasteiger partial charge in [-0.2, -0.15) is 4.39 Å². The molecule has 5 rings (SSSR count). The summed E-state index contributed by atoms with van der Waals surface area (Å²) in [7, 11) is 1.57. The molecule has 0 bridgehead atoms. The maximum Gasteiger partial charge on any atom is 0.292 e. The zero-order chi connectivity index (χ0) is 23.2. The third kappa shape index (κ3) is 3.44. The van der Waals surface area contributed by atoms with Crippen LogP contribution >= 0.6 is 0 Å². The Morgan fingerprint density at radius 1 is 1.09 bits per heavy atom. The molecule has 6 nitrogen and oxygen atoms in total. The second-order valence-corrected chi connectivity index (χ2v) is 8.14. The number of pyridine rings is 1. The van der Waals surface area contributed by atoms with Crippen molar-refractivity contribution < 1.29 is 17.9 Å². The zero-order valence-electron chi connectivity index (χ0n) is 17.8. The fourth-order valence-electron chi connectivity index (χ4n) is 4.53. The first kappa shape index (κ1) is 21.4. The normalized spacial score (nSPS) is 25.7. The standard InChI is InChI=1S/C24H22F3N5O/c1-33-18-9-7-16(8-10-18)24(22-31-21(28)23(26,27)13-32(22)14-30-24)17-5-2-4-15(12-17)19-6-3-11-29-20(19)25/h2-12,14,21-22,31H,13,28H2,1H3. The summed E-state index contributed by atoms with van der Waals surface area (Å²) in [5.41, 5.74) is 7.09. The Balaban J connectivity index is 1.67. The summed E-state index contributed by atoms with van der Waals surface area (Å²) >= 11 is 0. The van der Waals surface area contributed by atoms with Crippen LogP contribution in [0.25, 0.3) is 11.1 Å². The number of methoxy groups -OCH3 is 1. The van der Waals surface area contributed by atoms with Crippen molar-refractivity contribution in [1.29, 1.82) is 0 Å². The summed E-state index contributed by atoms with van der Waals surface area (Å²) < 4.78 is 48.4. The Kier molecular flexibility index (Phi) is 5.10. The number of benzene rings is 2. The number of nitrogens with one attached hydrogen (secondary N) is 1. The molecule has 1 saturated heterocycles. The predicted molar refractivity (Wildman–Crippen MR) is 118 cm³/mol. The zero-order valence-corrected chi connectivity index (χ0v) is 17.8. The maximum atomic E-state index is 14.4. The van der Waals surface area contributed by atoms with E-state index < -0.39 is 36.3 Å². The molecule has 3 unspecified atom stereocenters. The van der Waals surface area contributed by atoms with Crippen LogP contribution in [0, 0.1) is 5.95 Å². The van der Waals surface area contributed by atoms with Gasteiger partial charge in [0, 0.05) is 11.8 Å². The van der Waals surface area contributed by atoms with Crippen molar-refractivity contribution in [3.8, 4) is 16.9 Å². The number of aliphatic imine (C=N–C) groups is 1. The summed E-state index contributed by atoms with van der Waals surface area (Å²) in [5.74, 6) is -3.07. The van der Waals surface area contributed by atoms with E-state index >= 15 is 0 Å². The minimum Gasteiger partial charge on any atom is -0.497 e. The van der Waals surface area contributed by atoms with E-state index in [9.17, 15) is 13.2 Å². The van der Waals surface area contributed by atoms with E-state index in [0.717, 1.165) is 5.56 Å². The lowest BCUT2D eigenvalue weighted by molar-refractivity contribution is -0.0960. The molecule has 33 heavy (non-hydrogen) atoms. The lowest BCUT2D eigenvalue weighted by Crippen LogP contribution is -2.71. The van der Waals surface area contributed by atoms with Gasteiger partial charge in [-0.25, -0.2) is 13.8 Å². The molecule has 1 fully saturated rings.